The van der Waals surface area contributed by atoms with Gasteiger partial charge in [0.1, 0.15) is 18.5 Å². The van der Waals surface area contributed by atoms with Crippen LogP contribution in [0.25, 0.3) is 10.9 Å². The molecule has 1 aromatic carbocycles. The number of aromatic nitrogens is 2. The predicted octanol–water partition coefficient (Wildman–Crippen LogP) is 1.35. The number of hydrogen-bond donors (Lipinski definition) is 0. The van der Waals surface area contributed by atoms with Gasteiger partial charge in [-0.25, -0.2) is 0 Å². The van der Waals surface area contributed by atoms with E-state index >= 15 is 0 Å². The first-order valence-electron chi connectivity index (χ1n) is 5.00. The van der Waals surface area contributed by atoms with Gasteiger partial charge in [0.2, 0.25) is 0 Å². The SMILES string of the molecule is Cn1cc2c(OCC3CO3)cccc2n1. The van der Waals surface area contributed by atoms with Crippen molar-refractivity contribution >= 4 is 10.9 Å². The molecule has 0 spiro atoms. The summed E-state index contributed by atoms with van der Waals surface area (Å²) < 4.78 is 12.6. The second-order valence-electron chi connectivity index (χ2n) is 3.76. The average molecular weight is 204 g/mol. The highest BCUT2D eigenvalue weighted by Gasteiger charge is 2.23. The maximum atomic E-state index is 5.68. The van der Waals surface area contributed by atoms with Crippen LogP contribution >= 0.6 is 0 Å². The Morgan fingerprint density at radius 3 is 3.27 bits per heavy atom. The minimum absolute atomic E-state index is 0.289. The van der Waals surface area contributed by atoms with E-state index in [1.165, 1.54) is 0 Å². The summed E-state index contributed by atoms with van der Waals surface area (Å²) >= 11 is 0. The van der Waals surface area contributed by atoms with Gasteiger partial charge in [0.05, 0.1) is 17.5 Å². The number of rotatable bonds is 3. The van der Waals surface area contributed by atoms with Crippen LogP contribution in [0.5, 0.6) is 5.75 Å². The molecule has 0 aliphatic carbocycles. The fourth-order valence-electron chi connectivity index (χ4n) is 1.61. The van der Waals surface area contributed by atoms with Gasteiger partial charge in [0.25, 0.3) is 0 Å². The summed E-state index contributed by atoms with van der Waals surface area (Å²) in [5.74, 6) is 0.885. The number of epoxide rings is 1. The molecule has 1 aliphatic rings. The highest BCUT2D eigenvalue weighted by Crippen LogP contribution is 2.25. The van der Waals surface area contributed by atoms with Crippen LogP contribution in [0.3, 0.4) is 0 Å². The monoisotopic (exact) mass is 204 g/mol. The van der Waals surface area contributed by atoms with Crippen molar-refractivity contribution in [3.63, 3.8) is 0 Å². The number of fused-ring (bicyclic) bond motifs is 1. The molecule has 0 radical (unpaired) electrons. The quantitative estimate of drug-likeness (QED) is 0.708. The lowest BCUT2D eigenvalue weighted by Crippen LogP contribution is -2.03. The Bertz CT molecular complexity index is 488. The molecular formula is C11H12N2O2. The molecule has 1 unspecified atom stereocenters. The molecule has 0 bridgehead atoms. The van der Waals surface area contributed by atoms with E-state index in [1.807, 2.05) is 31.4 Å². The molecule has 15 heavy (non-hydrogen) atoms. The molecule has 2 heterocycles. The second kappa shape index (κ2) is 3.24. The minimum Gasteiger partial charge on any atom is -0.490 e. The molecular weight excluding hydrogens is 192 g/mol. The largest absolute Gasteiger partial charge is 0.490 e. The summed E-state index contributed by atoms with van der Waals surface area (Å²) in [6.45, 7) is 1.46. The van der Waals surface area contributed by atoms with Crippen LogP contribution in [-0.2, 0) is 11.8 Å². The van der Waals surface area contributed by atoms with Crippen LogP contribution in [0.1, 0.15) is 0 Å². The molecule has 4 heteroatoms. The van der Waals surface area contributed by atoms with Crippen molar-refractivity contribution < 1.29 is 9.47 Å². The normalized spacial score (nSPS) is 19.4. The van der Waals surface area contributed by atoms with Crippen molar-refractivity contribution in [1.82, 2.24) is 9.78 Å². The maximum Gasteiger partial charge on any atom is 0.130 e. The highest BCUT2D eigenvalue weighted by molar-refractivity contribution is 5.84. The zero-order valence-corrected chi connectivity index (χ0v) is 8.51. The van der Waals surface area contributed by atoms with Crippen molar-refractivity contribution in [2.75, 3.05) is 13.2 Å². The van der Waals surface area contributed by atoms with E-state index in [4.69, 9.17) is 9.47 Å². The smallest absolute Gasteiger partial charge is 0.130 e. The Morgan fingerprint density at radius 1 is 1.60 bits per heavy atom. The molecule has 1 aromatic heterocycles. The summed E-state index contributed by atoms with van der Waals surface area (Å²) in [4.78, 5) is 0. The first-order valence-corrected chi connectivity index (χ1v) is 5.00. The van der Waals surface area contributed by atoms with Crippen LogP contribution < -0.4 is 4.74 Å². The van der Waals surface area contributed by atoms with Crippen LogP contribution in [0.2, 0.25) is 0 Å². The van der Waals surface area contributed by atoms with E-state index in [0.29, 0.717) is 6.61 Å². The van der Waals surface area contributed by atoms with E-state index in [2.05, 4.69) is 5.10 Å². The lowest BCUT2D eigenvalue weighted by Gasteiger charge is -2.04. The molecule has 3 rings (SSSR count). The number of benzene rings is 1. The van der Waals surface area contributed by atoms with E-state index in [1.54, 1.807) is 4.68 Å². The van der Waals surface area contributed by atoms with Gasteiger partial charge in [0, 0.05) is 13.2 Å². The number of nitrogens with zero attached hydrogens (tertiary/aromatic N) is 2. The molecule has 78 valence electrons. The third-order valence-electron chi connectivity index (χ3n) is 2.45. The number of hydrogen-bond acceptors (Lipinski definition) is 3. The van der Waals surface area contributed by atoms with Gasteiger partial charge >= 0.3 is 0 Å². The number of aryl methyl sites for hydroxylation is 1. The predicted molar refractivity (Wildman–Crippen MR) is 55.9 cm³/mol. The van der Waals surface area contributed by atoms with Crippen LogP contribution in [0.15, 0.2) is 24.4 Å². The van der Waals surface area contributed by atoms with Crippen LogP contribution in [0, 0.1) is 0 Å². The molecule has 0 N–H and O–H groups in total. The summed E-state index contributed by atoms with van der Waals surface area (Å²) in [7, 11) is 1.91. The third kappa shape index (κ3) is 1.68. The Morgan fingerprint density at radius 2 is 2.47 bits per heavy atom. The standard InChI is InChI=1S/C11H12N2O2/c1-13-5-9-10(12-13)3-2-4-11(9)15-7-8-6-14-8/h2-5,8H,6-7H2,1H3. The van der Waals surface area contributed by atoms with Gasteiger partial charge in [-0.3, -0.25) is 4.68 Å². The fourth-order valence-corrected chi connectivity index (χ4v) is 1.61. The van der Waals surface area contributed by atoms with Gasteiger partial charge in [-0.05, 0) is 12.1 Å². The lowest BCUT2D eigenvalue weighted by atomic mass is 10.2. The van der Waals surface area contributed by atoms with E-state index in [9.17, 15) is 0 Å². The van der Waals surface area contributed by atoms with Gasteiger partial charge in [0.15, 0.2) is 0 Å². The van der Waals surface area contributed by atoms with Crippen molar-refractivity contribution in [3.8, 4) is 5.75 Å². The molecule has 1 saturated heterocycles. The summed E-state index contributed by atoms with van der Waals surface area (Å²) in [6.07, 6.45) is 2.26. The van der Waals surface area contributed by atoms with Crippen molar-refractivity contribution in [2.45, 2.75) is 6.10 Å². The zero-order chi connectivity index (χ0) is 10.3. The van der Waals surface area contributed by atoms with Gasteiger partial charge in [-0.2, -0.15) is 5.10 Å². The molecule has 0 amide bonds. The van der Waals surface area contributed by atoms with E-state index < -0.39 is 0 Å². The van der Waals surface area contributed by atoms with Crippen LogP contribution in [-0.4, -0.2) is 29.1 Å². The molecule has 1 atom stereocenters. The topological polar surface area (TPSA) is 39.6 Å². The van der Waals surface area contributed by atoms with Crippen molar-refractivity contribution in [1.29, 1.82) is 0 Å². The molecule has 4 nitrogen and oxygen atoms in total. The summed E-state index contributed by atoms with van der Waals surface area (Å²) in [5.41, 5.74) is 0.965. The molecule has 2 aromatic rings. The minimum atomic E-state index is 0.289. The third-order valence-corrected chi connectivity index (χ3v) is 2.45. The Labute approximate surface area is 87.4 Å². The molecule has 1 fully saturated rings. The van der Waals surface area contributed by atoms with Gasteiger partial charge < -0.3 is 9.47 Å². The van der Waals surface area contributed by atoms with Gasteiger partial charge in [-0.1, -0.05) is 6.07 Å². The second-order valence-corrected chi connectivity index (χ2v) is 3.76. The van der Waals surface area contributed by atoms with Crippen LogP contribution in [0.4, 0.5) is 0 Å². The first-order chi connectivity index (χ1) is 7.33. The maximum absolute atomic E-state index is 5.68. The van der Waals surface area contributed by atoms with Crippen molar-refractivity contribution in [2.24, 2.45) is 7.05 Å². The number of ether oxygens (including phenoxy) is 2. The molecule has 1 aliphatic heterocycles. The Hall–Kier alpha value is -1.55. The summed E-state index contributed by atoms with van der Waals surface area (Å²) in [6, 6.07) is 5.90. The fraction of sp³-hybridized carbons (Fsp3) is 0.364. The average Bonchev–Trinajstić information content (AvgIpc) is 2.96. The van der Waals surface area contributed by atoms with Gasteiger partial charge in [-0.15, -0.1) is 0 Å². The lowest BCUT2D eigenvalue weighted by molar-refractivity contribution is 0.265. The first kappa shape index (κ1) is 8.73. The van der Waals surface area contributed by atoms with E-state index in [-0.39, 0.29) is 6.10 Å². The Balaban J connectivity index is 1.93. The van der Waals surface area contributed by atoms with E-state index in [0.717, 1.165) is 23.3 Å². The molecule has 0 saturated carbocycles. The highest BCUT2D eigenvalue weighted by atomic mass is 16.6. The zero-order valence-electron chi connectivity index (χ0n) is 8.51. The Kier molecular flexibility index (Phi) is 1.89. The van der Waals surface area contributed by atoms with Crippen molar-refractivity contribution in [3.05, 3.63) is 24.4 Å². The summed E-state index contributed by atoms with van der Waals surface area (Å²) in [5, 5.41) is 5.38.